The van der Waals surface area contributed by atoms with E-state index in [1.165, 1.54) is 11.3 Å². The van der Waals surface area contributed by atoms with Crippen LogP contribution in [0.3, 0.4) is 0 Å². The number of Topliss-reactive ketones (excluding diaryl/α,β-unsaturated/α-hetero) is 1. The van der Waals surface area contributed by atoms with E-state index in [4.69, 9.17) is 4.74 Å². The Morgan fingerprint density at radius 1 is 1.19 bits per heavy atom. The van der Waals surface area contributed by atoms with Crippen LogP contribution >= 0.6 is 11.3 Å². The van der Waals surface area contributed by atoms with Gasteiger partial charge in [-0.3, -0.25) is 14.6 Å². The lowest BCUT2D eigenvalue weighted by atomic mass is 10.0. The van der Waals surface area contributed by atoms with Crippen LogP contribution in [0.15, 0.2) is 54.2 Å². The number of hydrogen-bond donors (Lipinski definition) is 0. The summed E-state index contributed by atoms with van der Waals surface area (Å²) in [6.45, 7) is 3.65. The van der Waals surface area contributed by atoms with E-state index < -0.39 is 12.1 Å². The van der Waals surface area contributed by atoms with Gasteiger partial charge in [0.05, 0.1) is 12.1 Å². The molecule has 0 unspecified atom stereocenters. The lowest BCUT2D eigenvalue weighted by molar-refractivity contribution is -0.145. The number of hydrogen-bond acceptors (Lipinski definition) is 6. The molecule has 6 heteroatoms. The zero-order chi connectivity index (χ0) is 19.2. The van der Waals surface area contributed by atoms with Crippen LogP contribution in [0.5, 0.6) is 0 Å². The first-order valence-corrected chi connectivity index (χ1v) is 9.62. The fourth-order valence-electron chi connectivity index (χ4n) is 2.59. The van der Waals surface area contributed by atoms with Crippen LogP contribution in [0.25, 0.3) is 10.6 Å². The largest absolute Gasteiger partial charge is 0.454 e. The number of esters is 1. The quantitative estimate of drug-likeness (QED) is 0.455. The molecule has 0 spiro atoms. The molecule has 0 bridgehead atoms. The number of aryl methyl sites for hydroxylation is 1. The number of nitrogens with zero attached hydrogens (tertiary/aromatic N) is 2. The molecule has 0 fully saturated rings. The topological polar surface area (TPSA) is 69.2 Å². The highest BCUT2D eigenvalue weighted by Gasteiger charge is 2.20. The molecule has 138 valence electrons. The molecule has 0 saturated carbocycles. The Hall–Kier alpha value is -2.86. The maximum atomic E-state index is 12.4. The summed E-state index contributed by atoms with van der Waals surface area (Å²) in [6, 6.07) is 11.1. The highest BCUT2D eigenvalue weighted by Crippen LogP contribution is 2.23. The highest BCUT2D eigenvalue weighted by molar-refractivity contribution is 7.13. The number of rotatable bonds is 7. The Balaban J connectivity index is 1.58. The van der Waals surface area contributed by atoms with Gasteiger partial charge in [-0.15, -0.1) is 11.3 Å². The van der Waals surface area contributed by atoms with Crippen LogP contribution in [0.1, 0.15) is 35.5 Å². The molecule has 0 aliphatic carbocycles. The highest BCUT2D eigenvalue weighted by atomic mass is 32.1. The minimum atomic E-state index is -0.832. The van der Waals surface area contributed by atoms with Crippen LogP contribution in [-0.4, -0.2) is 27.8 Å². The summed E-state index contributed by atoms with van der Waals surface area (Å²) < 4.78 is 5.31. The number of benzene rings is 1. The summed E-state index contributed by atoms with van der Waals surface area (Å²) in [6.07, 6.45) is 3.53. The Morgan fingerprint density at radius 3 is 2.63 bits per heavy atom. The van der Waals surface area contributed by atoms with Crippen molar-refractivity contribution < 1.29 is 14.3 Å². The van der Waals surface area contributed by atoms with Gasteiger partial charge >= 0.3 is 5.97 Å². The average Bonchev–Trinajstić information content (AvgIpc) is 3.16. The van der Waals surface area contributed by atoms with Gasteiger partial charge in [0.15, 0.2) is 6.10 Å². The molecular formula is C21H20N2O3S. The molecule has 0 amide bonds. The Morgan fingerprint density at radius 2 is 1.96 bits per heavy atom. The number of thiazole rings is 1. The van der Waals surface area contributed by atoms with E-state index in [0.29, 0.717) is 11.3 Å². The van der Waals surface area contributed by atoms with E-state index >= 15 is 0 Å². The van der Waals surface area contributed by atoms with E-state index in [-0.39, 0.29) is 12.2 Å². The summed E-state index contributed by atoms with van der Waals surface area (Å²) in [5.41, 5.74) is 3.22. The fraction of sp³-hybridized carbons (Fsp3) is 0.238. The van der Waals surface area contributed by atoms with Crippen LogP contribution in [0, 0.1) is 0 Å². The standard InChI is InChI=1S/C21H20N2O3S/c1-3-15-6-8-16(9-7-15)20(25)14(2)26-19(24)11-18-13-27-21(23-18)17-5-4-10-22-12-17/h4-10,12-14H,3,11H2,1-2H3/t14-/m0/s1. The second-order valence-corrected chi connectivity index (χ2v) is 6.97. The number of carbonyl (C=O) groups is 2. The Kier molecular flexibility index (Phi) is 6.08. The van der Waals surface area contributed by atoms with Crippen molar-refractivity contribution in [3.05, 3.63) is 71.0 Å². The SMILES string of the molecule is CCc1ccc(C(=O)[C@H](C)OC(=O)Cc2csc(-c3cccnc3)n2)cc1. The van der Waals surface area contributed by atoms with Gasteiger partial charge < -0.3 is 4.74 Å². The van der Waals surface area contributed by atoms with Gasteiger partial charge in [0, 0.05) is 28.9 Å². The molecular weight excluding hydrogens is 360 g/mol. The Labute approximate surface area is 162 Å². The van der Waals surface area contributed by atoms with Crippen molar-refractivity contribution in [1.29, 1.82) is 0 Å². The van der Waals surface area contributed by atoms with Crippen molar-refractivity contribution in [2.45, 2.75) is 32.8 Å². The van der Waals surface area contributed by atoms with Gasteiger partial charge in [0.25, 0.3) is 0 Å². The first-order chi connectivity index (χ1) is 13.1. The minimum Gasteiger partial charge on any atom is -0.454 e. The fourth-order valence-corrected chi connectivity index (χ4v) is 3.40. The second-order valence-electron chi connectivity index (χ2n) is 6.11. The molecule has 0 aliphatic rings. The van der Waals surface area contributed by atoms with Crippen LogP contribution in [0.2, 0.25) is 0 Å². The monoisotopic (exact) mass is 380 g/mol. The van der Waals surface area contributed by atoms with E-state index in [9.17, 15) is 9.59 Å². The molecule has 3 rings (SSSR count). The van der Waals surface area contributed by atoms with Gasteiger partial charge in [-0.2, -0.15) is 0 Å². The maximum Gasteiger partial charge on any atom is 0.312 e. The van der Waals surface area contributed by atoms with Crippen LogP contribution < -0.4 is 0 Å². The second kappa shape index (κ2) is 8.68. The van der Waals surface area contributed by atoms with E-state index in [1.54, 1.807) is 31.5 Å². The molecule has 0 aliphatic heterocycles. The number of carbonyl (C=O) groups excluding carboxylic acids is 2. The average molecular weight is 380 g/mol. The lowest BCUT2D eigenvalue weighted by Gasteiger charge is -2.12. The molecule has 2 heterocycles. The lowest BCUT2D eigenvalue weighted by Crippen LogP contribution is -2.25. The minimum absolute atomic E-state index is 0.0309. The molecule has 0 saturated heterocycles. The van der Waals surface area contributed by atoms with Crippen molar-refractivity contribution in [2.24, 2.45) is 0 Å². The van der Waals surface area contributed by atoms with Gasteiger partial charge in [-0.05, 0) is 31.0 Å². The Bertz CT molecular complexity index is 920. The zero-order valence-corrected chi connectivity index (χ0v) is 16.0. The summed E-state index contributed by atoms with van der Waals surface area (Å²) in [5, 5.41) is 2.62. The van der Waals surface area contributed by atoms with E-state index in [1.807, 2.05) is 29.6 Å². The van der Waals surface area contributed by atoms with Crippen molar-refractivity contribution in [3.63, 3.8) is 0 Å². The number of aromatic nitrogens is 2. The number of ketones is 1. The summed E-state index contributed by atoms with van der Waals surface area (Å²) >= 11 is 1.44. The smallest absolute Gasteiger partial charge is 0.312 e. The third-order valence-electron chi connectivity index (χ3n) is 4.11. The number of ether oxygens (including phenoxy) is 1. The number of pyridine rings is 1. The van der Waals surface area contributed by atoms with Crippen molar-refractivity contribution in [1.82, 2.24) is 9.97 Å². The summed E-state index contributed by atoms with van der Waals surface area (Å²) in [4.78, 5) is 33.1. The molecule has 27 heavy (non-hydrogen) atoms. The predicted molar refractivity (Wildman–Crippen MR) is 105 cm³/mol. The molecule has 0 N–H and O–H groups in total. The van der Waals surface area contributed by atoms with Gasteiger partial charge in [-0.1, -0.05) is 31.2 Å². The third kappa shape index (κ3) is 4.86. The maximum absolute atomic E-state index is 12.4. The molecule has 5 nitrogen and oxygen atoms in total. The molecule has 3 aromatic rings. The molecule has 1 aromatic carbocycles. The molecule has 0 radical (unpaired) electrons. The first kappa shape index (κ1) is 18.9. The zero-order valence-electron chi connectivity index (χ0n) is 15.2. The van der Waals surface area contributed by atoms with E-state index in [0.717, 1.165) is 22.6 Å². The summed E-state index contributed by atoms with van der Waals surface area (Å²) in [7, 11) is 0. The first-order valence-electron chi connectivity index (χ1n) is 8.74. The van der Waals surface area contributed by atoms with Gasteiger partial charge in [0.1, 0.15) is 5.01 Å². The van der Waals surface area contributed by atoms with E-state index in [2.05, 4.69) is 16.9 Å². The predicted octanol–water partition coefficient (Wildman–Crippen LogP) is 4.12. The van der Waals surface area contributed by atoms with Crippen LogP contribution in [0.4, 0.5) is 0 Å². The summed E-state index contributed by atoms with van der Waals surface area (Å²) in [5.74, 6) is -0.676. The van der Waals surface area contributed by atoms with Crippen molar-refractivity contribution >= 4 is 23.1 Å². The van der Waals surface area contributed by atoms with Gasteiger partial charge in [-0.25, -0.2) is 4.98 Å². The molecule has 1 atom stereocenters. The third-order valence-corrected chi connectivity index (χ3v) is 5.05. The van der Waals surface area contributed by atoms with Crippen molar-refractivity contribution in [3.8, 4) is 10.6 Å². The molecule has 2 aromatic heterocycles. The van der Waals surface area contributed by atoms with Crippen molar-refractivity contribution in [2.75, 3.05) is 0 Å². The van der Waals surface area contributed by atoms with Gasteiger partial charge in [0.2, 0.25) is 5.78 Å². The van der Waals surface area contributed by atoms with Crippen LogP contribution in [-0.2, 0) is 22.4 Å². The normalized spacial score (nSPS) is 11.8.